The van der Waals surface area contributed by atoms with E-state index in [1.165, 1.54) is 0 Å². The molecule has 0 amide bonds. The first-order valence-corrected chi connectivity index (χ1v) is 5.22. The molecule has 0 atom stereocenters. The largest absolute Gasteiger partial charge is 0.0839 e. The quantitative estimate of drug-likeness (QED) is 0.639. The second-order valence-electron chi connectivity index (χ2n) is 3.35. The molecule has 0 aromatic heterocycles. The molecule has 0 saturated carbocycles. The Hall–Kier alpha value is 0.0900. The Bertz CT molecular complexity index is 329. The van der Waals surface area contributed by atoms with E-state index < -0.39 is 0 Å². The lowest BCUT2D eigenvalue weighted by atomic mass is 10.0. The van der Waals surface area contributed by atoms with Crippen molar-refractivity contribution in [2.24, 2.45) is 0 Å². The molecule has 3 heteroatoms. The van der Waals surface area contributed by atoms with Gasteiger partial charge in [-0.25, -0.2) is 0 Å². The van der Waals surface area contributed by atoms with E-state index in [1.54, 1.807) is 6.07 Å². The highest BCUT2D eigenvalue weighted by Crippen LogP contribution is 2.37. The smallest absolute Gasteiger partial charge is 0.0499 e. The van der Waals surface area contributed by atoms with E-state index in [1.807, 2.05) is 6.92 Å². The van der Waals surface area contributed by atoms with Gasteiger partial charge in [-0.2, -0.15) is 0 Å². The van der Waals surface area contributed by atoms with Crippen LogP contribution in [0.4, 0.5) is 0 Å². The Morgan fingerprint density at radius 1 is 1.08 bits per heavy atom. The van der Waals surface area contributed by atoms with E-state index in [9.17, 15) is 0 Å². The molecule has 0 aliphatic heterocycles. The van der Waals surface area contributed by atoms with Gasteiger partial charge in [0, 0.05) is 15.1 Å². The van der Waals surface area contributed by atoms with Gasteiger partial charge in [0.05, 0.1) is 0 Å². The van der Waals surface area contributed by atoms with E-state index in [2.05, 4.69) is 13.8 Å². The molecule has 0 fully saturated rings. The summed E-state index contributed by atoms with van der Waals surface area (Å²) in [5, 5.41) is 1.96. The molecule has 72 valence electrons. The van der Waals surface area contributed by atoms with Crippen molar-refractivity contribution in [1.29, 1.82) is 0 Å². The van der Waals surface area contributed by atoms with E-state index in [0.29, 0.717) is 21.0 Å². The van der Waals surface area contributed by atoms with Crippen LogP contribution in [0.25, 0.3) is 0 Å². The molecule has 1 aromatic rings. The molecule has 0 spiro atoms. The highest BCUT2D eigenvalue weighted by Gasteiger charge is 2.14. The molecule has 0 saturated heterocycles. The third-order valence-corrected chi connectivity index (χ3v) is 3.20. The topological polar surface area (TPSA) is 0 Å². The Kier molecular flexibility index (Phi) is 3.50. The fourth-order valence-corrected chi connectivity index (χ4v) is 2.44. The highest BCUT2D eigenvalue weighted by molar-refractivity contribution is 6.40. The van der Waals surface area contributed by atoms with Crippen molar-refractivity contribution >= 4 is 34.8 Å². The Morgan fingerprint density at radius 2 is 1.62 bits per heavy atom. The molecule has 13 heavy (non-hydrogen) atoms. The molecule has 0 nitrogen and oxygen atoms in total. The van der Waals surface area contributed by atoms with Crippen LogP contribution in [0.3, 0.4) is 0 Å². The van der Waals surface area contributed by atoms with Crippen molar-refractivity contribution in [1.82, 2.24) is 0 Å². The molecule has 0 aliphatic carbocycles. The molecular weight excluding hydrogens is 226 g/mol. The lowest BCUT2D eigenvalue weighted by Gasteiger charge is -2.13. The third-order valence-electron chi connectivity index (χ3n) is 2.01. The van der Waals surface area contributed by atoms with Crippen LogP contribution in [0, 0.1) is 6.92 Å². The van der Waals surface area contributed by atoms with Crippen molar-refractivity contribution in [2.45, 2.75) is 26.7 Å². The van der Waals surface area contributed by atoms with Gasteiger partial charge in [0.25, 0.3) is 0 Å². The van der Waals surface area contributed by atoms with Crippen LogP contribution >= 0.6 is 34.8 Å². The molecule has 0 bridgehead atoms. The summed E-state index contributed by atoms with van der Waals surface area (Å²) in [6, 6.07) is 1.75. The van der Waals surface area contributed by atoms with Crippen LogP contribution in [0.2, 0.25) is 15.1 Å². The lowest BCUT2D eigenvalue weighted by Crippen LogP contribution is -1.93. The van der Waals surface area contributed by atoms with Gasteiger partial charge >= 0.3 is 0 Å². The second kappa shape index (κ2) is 4.08. The van der Waals surface area contributed by atoms with Gasteiger partial charge in [-0.1, -0.05) is 48.7 Å². The first kappa shape index (κ1) is 11.2. The summed E-state index contributed by atoms with van der Waals surface area (Å²) in [4.78, 5) is 0. The average molecular weight is 238 g/mol. The minimum absolute atomic E-state index is 0.316. The average Bonchev–Trinajstić information content (AvgIpc) is 1.99. The zero-order valence-corrected chi connectivity index (χ0v) is 10.1. The zero-order chi connectivity index (χ0) is 10.2. The third kappa shape index (κ3) is 2.12. The van der Waals surface area contributed by atoms with Crippen molar-refractivity contribution < 1.29 is 0 Å². The summed E-state index contributed by atoms with van der Waals surface area (Å²) in [5.74, 6) is 0.316. The van der Waals surface area contributed by atoms with Crippen LogP contribution < -0.4 is 0 Å². The Balaban J connectivity index is 3.44. The molecule has 0 aliphatic rings. The molecule has 1 aromatic carbocycles. The normalized spacial score (nSPS) is 11.0. The van der Waals surface area contributed by atoms with Crippen molar-refractivity contribution in [3.8, 4) is 0 Å². The Morgan fingerprint density at radius 3 is 2.08 bits per heavy atom. The van der Waals surface area contributed by atoms with Crippen LogP contribution in [0.5, 0.6) is 0 Å². The van der Waals surface area contributed by atoms with Gasteiger partial charge in [-0.15, -0.1) is 0 Å². The standard InChI is InChI=1S/C10H11Cl3/c1-5(2)9-8(12)4-7(11)6(3)10(9)13/h4-5H,1-3H3. The Labute approximate surface area is 93.8 Å². The van der Waals surface area contributed by atoms with Crippen molar-refractivity contribution in [2.75, 3.05) is 0 Å². The fraction of sp³-hybridized carbons (Fsp3) is 0.400. The predicted molar refractivity (Wildman–Crippen MR) is 60.3 cm³/mol. The van der Waals surface area contributed by atoms with Crippen LogP contribution in [-0.4, -0.2) is 0 Å². The highest BCUT2D eigenvalue weighted by atomic mass is 35.5. The van der Waals surface area contributed by atoms with Gasteiger partial charge in [-0.3, -0.25) is 0 Å². The van der Waals surface area contributed by atoms with Crippen LogP contribution in [0.15, 0.2) is 6.07 Å². The van der Waals surface area contributed by atoms with E-state index in [-0.39, 0.29) is 0 Å². The number of halogens is 3. The predicted octanol–water partition coefficient (Wildman–Crippen LogP) is 5.08. The molecule has 0 unspecified atom stereocenters. The first-order valence-electron chi connectivity index (χ1n) is 4.09. The van der Waals surface area contributed by atoms with Crippen LogP contribution in [-0.2, 0) is 0 Å². The molecular formula is C10H11Cl3. The first-order chi connectivity index (χ1) is 5.95. The summed E-state index contributed by atoms with van der Waals surface area (Å²) in [6.07, 6.45) is 0. The lowest BCUT2D eigenvalue weighted by molar-refractivity contribution is 0.865. The van der Waals surface area contributed by atoms with E-state index >= 15 is 0 Å². The summed E-state index contributed by atoms with van der Waals surface area (Å²) >= 11 is 18.1. The number of hydrogen-bond donors (Lipinski definition) is 0. The number of rotatable bonds is 1. The summed E-state index contributed by atoms with van der Waals surface area (Å²) in [7, 11) is 0. The van der Waals surface area contributed by atoms with Gasteiger partial charge in [0.2, 0.25) is 0 Å². The van der Waals surface area contributed by atoms with Crippen LogP contribution in [0.1, 0.15) is 30.9 Å². The van der Waals surface area contributed by atoms with E-state index in [0.717, 1.165) is 11.1 Å². The van der Waals surface area contributed by atoms with Gasteiger partial charge in [0.1, 0.15) is 0 Å². The van der Waals surface area contributed by atoms with Gasteiger partial charge in [0.15, 0.2) is 0 Å². The number of benzene rings is 1. The minimum atomic E-state index is 0.316. The van der Waals surface area contributed by atoms with E-state index in [4.69, 9.17) is 34.8 Å². The maximum atomic E-state index is 6.13. The summed E-state index contributed by atoms with van der Waals surface area (Å²) in [5.41, 5.74) is 1.88. The summed E-state index contributed by atoms with van der Waals surface area (Å²) < 4.78 is 0. The fourth-order valence-electron chi connectivity index (χ4n) is 1.24. The maximum Gasteiger partial charge on any atom is 0.0499 e. The molecule has 0 radical (unpaired) electrons. The van der Waals surface area contributed by atoms with Crippen molar-refractivity contribution in [3.05, 3.63) is 32.3 Å². The monoisotopic (exact) mass is 236 g/mol. The zero-order valence-electron chi connectivity index (χ0n) is 7.79. The van der Waals surface area contributed by atoms with Gasteiger partial charge < -0.3 is 0 Å². The SMILES string of the molecule is Cc1c(Cl)cc(Cl)c(C(C)C)c1Cl. The molecule has 1 rings (SSSR count). The minimum Gasteiger partial charge on any atom is -0.0839 e. The van der Waals surface area contributed by atoms with Gasteiger partial charge in [-0.05, 0) is 30.0 Å². The van der Waals surface area contributed by atoms with Crippen molar-refractivity contribution in [3.63, 3.8) is 0 Å². The second-order valence-corrected chi connectivity index (χ2v) is 4.54. The molecule has 0 heterocycles. The number of hydrogen-bond acceptors (Lipinski definition) is 0. The maximum absolute atomic E-state index is 6.13. The summed E-state index contributed by atoms with van der Waals surface area (Å²) in [6.45, 7) is 6.01. The molecule has 0 N–H and O–H groups in total.